The number of carbonyl (C=O) groups excluding carboxylic acids is 1. The standard InChI is InChI=1S/C24H22ClN5O2/c1-16-7-3-5-9-20(16)22(31)27-24-28-23(26-15-17-8-4-6-10-21(17)25)29-30(24)18-11-13-19(32-2)14-12-18/h3-14H,15H2,1-2H3,(H2,26,27,28,29,31). The summed E-state index contributed by atoms with van der Waals surface area (Å²) in [6.07, 6.45) is 0. The minimum absolute atomic E-state index is 0.261. The number of anilines is 2. The van der Waals surface area contributed by atoms with Crippen molar-refractivity contribution in [3.8, 4) is 11.4 Å². The fourth-order valence-corrected chi connectivity index (χ4v) is 3.39. The molecule has 32 heavy (non-hydrogen) atoms. The third-order valence-corrected chi connectivity index (χ3v) is 5.30. The Balaban J connectivity index is 1.64. The van der Waals surface area contributed by atoms with Crippen LogP contribution in [-0.4, -0.2) is 27.8 Å². The van der Waals surface area contributed by atoms with Crippen molar-refractivity contribution >= 4 is 29.4 Å². The maximum Gasteiger partial charge on any atom is 0.258 e. The molecular formula is C24H22ClN5O2. The highest BCUT2D eigenvalue weighted by atomic mass is 35.5. The maximum atomic E-state index is 12.9. The van der Waals surface area contributed by atoms with Gasteiger partial charge in [-0.05, 0) is 54.4 Å². The van der Waals surface area contributed by atoms with Gasteiger partial charge in [0, 0.05) is 17.1 Å². The number of ether oxygens (including phenoxy) is 1. The lowest BCUT2D eigenvalue weighted by atomic mass is 10.1. The first-order chi connectivity index (χ1) is 15.5. The summed E-state index contributed by atoms with van der Waals surface area (Å²) in [5.41, 5.74) is 3.09. The Hall–Kier alpha value is -3.84. The van der Waals surface area contributed by atoms with Crippen LogP contribution < -0.4 is 15.4 Å². The molecule has 4 rings (SSSR count). The van der Waals surface area contributed by atoms with Crippen molar-refractivity contribution in [3.05, 3.63) is 94.5 Å². The van der Waals surface area contributed by atoms with Gasteiger partial charge in [-0.1, -0.05) is 48.0 Å². The molecule has 162 valence electrons. The number of benzene rings is 3. The highest BCUT2D eigenvalue weighted by Crippen LogP contribution is 2.22. The molecule has 8 heteroatoms. The summed E-state index contributed by atoms with van der Waals surface area (Å²) >= 11 is 6.25. The molecule has 0 aliphatic heterocycles. The molecule has 0 aliphatic carbocycles. The Morgan fingerprint density at radius 1 is 1.03 bits per heavy atom. The Bertz CT molecular complexity index is 1240. The van der Waals surface area contributed by atoms with Gasteiger partial charge in [0.2, 0.25) is 11.9 Å². The van der Waals surface area contributed by atoms with E-state index in [1.807, 2.05) is 73.7 Å². The SMILES string of the molecule is COc1ccc(-n2nc(NCc3ccccc3Cl)nc2NC(=O)c2ccccc2C)cc1. The second kappa shape index (κ2) is 9.53. The van der Waals surface area contributed by atoms with Gasteiger partial charge in [-0.3, -0.25) is 10.1 Å². The van der Waals surface area contributed by atoms with Crippen molar-refractivity contribution in [2.24, 2.45) is 0 Å². The average molecular weight is 448 g/mol. The molecule has 0 saturated heterocycles. The van der Waals surface area contributed by atoms with Crippen molar-refractivity contribution in [3.63, 3.8) is 0 Å². The molecule has 1 aromatic heterocycles. The van der Waals surface area contributed by atoms with Gasteiger partial charge in [0.15, 0.2) is 0 Å². The summed E-state index contributed by atoms with van der Waals surface area (Å²) in [6, 6.07) is 22.3. The molecule has 0 atom stereocenters. The molecule has 0 bridgehead atoms. The number of nitrogens with zero attached hydrogens (tertiary/aromatic N) is 3. The number of rotatable bonds is 7. The Morgan fingerprint density at radius 3 is 2.47 bits per heavy atom. The molecular weight excluding hydrogens is 426 g/mol. The van der Waals surface area contributed by atoms with Crippen molar-refractivity contribution in [2.45, 2.75) is 13.5 Å². The van der Waals surface area contributed by atoms with Gasteiger partial charge in [-0.25, -0.2) is 0 Å². The Kier molecular flexibility index (Phi) is 6.37. The van der Waals surface area contributed by atoms with E-state index in [1.165, 1.54) is 0 Å². The number of nitrogens with one attached hydrogen (secondary N) is 2. The molecule has 0 radical (unpaired) electrons. The van der Waals surface area contributed by atoms with Crippen molar-refractivity contribution in [2.75, 3.05) is 17.7 Å². The summed E-state index contributed by atoms with van der Waals surface area (Å²) in [5, 5.41) is 11.3. The van der Waals surface area contributed by atoms with E-state index < -0.39 is 0 Å². The fourth-order valence-electron chi connectivity index (χ4n) is 3.18. The number of carbonyl (C=O) groups is 1. The smallest absolute Gasteiger partial charge is 0.258 e. The van der Waals surface area contributed by atoms with Gasteiger partial charge >= 0.3 is 0 Å². The van der Waals surface area contributed by atoms with E-state index in [0.717, 1.165) is 22.6 Å². The van der Waals surface area contributed by atoms with Crippen molar-refractivity contribution < 1.29 is 9.53 Å². The van der Waals surface area contributed by atoms with Gasteiger partial charge < -0.3 is 10.1 Å². The highest BCUT2D eigenvalue weighted by Gasteiger charge is 2.17. The number of amides is 1. The van der Waals surface area contributed by atoms with Gasteiger partial charge in [0.1, 0.15) is 5.75 Å². The Labute approximate surface area is 191 Å². The zero-order chi connectivity index (χ0) is 22.5. The van der Waals surface area contributed by atoms with Crippen LogP contribution in [0.4, 0.5) is 11.9 Å². The van der Waals surface area contributed by atoms with Crippen LogP contribution in [0.15, 0.2) is 72.8 Å². The lowest BCUT2D eigenvalue weighted by Crippen LogP contribution is -2.17. The molecule has 0 saturated carbocycles. The molecule has 3 aromatic carbocycles. The molecule has 1 amide bonds. The van der Waals surface area contributed by atoms with Crippen LogP contribution in [0.5, 0.6) is 5.75 Å². The maximum absolute atomic E-state index is 12.9. The largest absolute Gasteiger partial charge is 0.497 e. The van der Waals surface area contributed by atoms with Gasteiger partial charge in [-0.15, -0.1) is 5.10 Å². The van der Waals surface area contributed by atoms with E-state index in [-0.39, 0.29) is 5.91 Å². The van der Waals surface area contributed by atoms with E-state index in [0.29, 0.717) is 29.0 Å². The summed E-state index contributed by atoms with van der Waals surface area (Å²) < 4.78 is 6.81. The van der Waals surface area contributed by atoms with Crippen LogP contribution in [0.2, 0.25) is 5.02 Å². The van der Waals surface area contributed by atoms with Crippen LogP contribution >= 0.6 is 11.6 Å². The van der Waals surface area contributed by atoms with Crippen molar-refractivity contribution in [1.29, 1.82) is 0 Å². The number of hydrogen-bond acceptors (Lipinski definition) is 5. The third-order valence-electron chi connectivity index (χ3n) is 4.93. The number of halogens is 1. The quantitative estimate of drug-likeness (QED) is 0.412. The minimum Gasteiger partial charge on any atom is -0.497 e. The molecule has 0 fully saturated rings. The van der Waals surface area contributed by atoms with Crippen molar-refractivity contribution in [1.82, 2.24) is 14.8 Å². The lowest BCUT2D eigenvalue weighted by molar-refractivity contribution is 0.102. The molecule has 4 aromatic rings. The summed E-state index contributed by atoms with van der Waals surface area (Å²) in [7, 11) is 1.61. The number of methoxy groups -OCH3 is 1. The zero-order valence-electron chi connectivity index (χ0n) is 17.7. The first-order valence-electron chi connectivity index (χ1n) is 10.0. The predicted molar refractivity (Wildman–Crippen MR) is 126 cm³/mol. The van der Waals surface area contributed by atoms with Crippen LogP contribution in [0.1, 0.15) is 21.5 Å². The van der Waals surface area contributed by atoms with E-state index >= 15 is 0 Å². The first kappa shape index (κ1) is 21.4. The van der Waals surface area contributed by atoms with Crippen LogP contribution in [0.3, 0.4) is 0 Å². The van der Waals surface area contributed by atoms with Gasteiger partial charge in [-0.2, -0.15) is 9.67 Å². The summed E-state index contributed by atoms with van der Waals surface area (Å²) in [4.78, 5) is 17.4. The third kappa shape index (κ3) is 4.73. The predicted octanol–water partition coefficient (Wildman–Crippen LogP) is 5.10. The fraction of sp³-hybridized carbons (Fsp3) is 0.125. The number of aromatic nitrogens is 3. The molecule has 0 spiro atoms. The molecule has 0 unspecified atom stereocenters. The van der Waals surface area contributed by atoms with Crippen LogP contribution in [-0.2, 0) is 6.54 Å². The lowest BCUT2D eigenvalue weighted by Gasteiger charge is -2.09. The molecule has 2 N–H and O–H groups in total. The summed E-state index contributed by atoms with van der Waals surface area (Å²) in [5.74, 6) is 1.12. The highest BCUT2D eigenvalue weighted by molar-refractivity contribution is 6.31. The minimum atomic E-state index is -0.261. The zero-order valence-corrected chi connectivity index (χ0v) is 18.4. The molecule has 7 nitrogen and oxygen atoms in total. The number of aryl methyl sites for hydroxylation is 1. The van der Waals surface area contributed by atoms with E-state index in [1.54, 1.807) is 17.9 Å². The first-order valence-corrected chi connectivity index (χ1v) is 10.4. The second-order valence-electron chi connectivity index (χ2n) is 7.08. The topological polar surface area (TPSA) is 81.1 Å². The van der Waals surface area contributed by atoms with Crippen LogP contribution in [0.25, 0.3) is 5.69 Å². The molecule has 1 heterocycles. The van der Waals surface area contributed by atoms with E-state index in [9.17, 15) is 4.79 Å². The Morgan fingerprint density at radius 2 is 1.75 bits per heavy atom. The average Bonchev–Trinajstić information content (AvgIpc) is 3.21. The van der Waals surface area contributed by atoms with E-state index in [4.69, 9.17) is 16.3 Å². The van der Waals surface area contributed by atoms with Gasteiger partial charge in [0.05, 0.1) is 12.8 Å². The monoisotopic (exact) mass is 447 g/mol. The molecule has 0 aliphatic rings. The number of hydrogen-bond donors (Lipinski definition) is 2. The normalized spacial score (nSPS) is 10.6. The summed E-state index contributed by atoms with van der Waals surface area (Å²) in [6.45, 7) is 2.33. The van der Waals surface area contributed by atoms with Gasteiger partial charge in [0.25, 0.3) is 5.91 Å². The van der Waals surface area contributed by atoms with Crippen LogP contribution in [0, 0.1) is 6.92 Å². The van der Waals surface area contributed by atoms with E-state index in [2.05, 4.69) is 20.7 Å². The second-order valence-corrected chi connectivity index (χ2v) is 7.49.